The molecule has 0 fully saturated rings. The highest BCUT2D eigenvalue weighted by Gasteiger charge is 2.32. The number of carbonyl (C=O) groups excluding carboxylic acids is 3. The predicted molar refractivity (Wildman–Crippen MR) is 132 cm³/mol. The molecule has 5 N–H and O–H groups in total. The molecule has 0 heterocycles. The topological polar surface area (TPSA) is 157 Å². The monoisotopic (exact) mass is 762 g/mol. The fourth-order valence-corrected chi connectivity index (χ4v) is 7.01. The van der Waals surface area contributed by atoms with E-state index in [1.807, 2.05) is 67.8 Å². The molecule has 0 aliphatic rings. The maximum Gasteiger partial charge on any atom is 0.340 e. The molecule has 30 heavy (non-hydrogen) atoms. The second-order valence-electron chi connectivity index (χ2n) is 6.02. The van der Waals surface area contributed by atoms with E-state index in [2.05, 4.69) is 5.32 Å². The van der Waals surface area contributed by atoms with Crippen LogP contribution in [0.4, 0.5) is 5.69 Å². The SMILES string of the molecule is CNC(=O)c1c(I)c(C(=O)OCC(O)CO)c(I)c(N(CC(O)CO)C(C)=O)c1I. The second kappa shape index (κ2) is 12.6. The van der Waals surface area contributed by atoms with Crippen LogP contribution in [0.1, 0.15) is 27.6 Å². The minimum Gasteiger partial charge on any atom is -0.459 e. The summed E-state index contributed by atoms with van der Waals surface area (Å²) in [6.07, 6.45) is -2.50. The molecular weight excluding hydrogens is 741 g/mol. The summed E-state index contributed by atoms with van der Waals surface area (Å²) in [6, 6.07) is 0. The molecule has 13 heteroatoms. The third kappa shape index (κ3) is 6.58. The van der Waals surface area contributed by atoms with Gasteiger partial charge >= 0.3 is 5.97 Å². The van der Waals surface area contributed by atoms with Crippen LogP contribution in [0.3, 0.4) is 0 Å². The van der Waals surface area contributed by atoms with Gasteiger partial charge in [-0.15, -0.1) is 0 Å². The molecule has 0 spiro atoms. The number of aliphatic hydroxyl groups excluding tert-OH is 4. The molecule has 1 aromatic carbocycles. The van der Waals surface area contributed by atoms with Gasteiger partial charge in [-0.25, -0.2) is 4.79 Å². The van der Waals surface area contributed by atoms with E-state index in [0.717, 1.165) is 0 Å². The van der Waals surface area contributed by atoms with Crippen LogP contribution in [-0.4, -0.2) is 83.8 Å². The molecule has 2 amide bonds. The van der Waals surface area contributed by atoms with Crippen LogP contribution in [0, 0.1) is 10.7 Å². The fraction of sp³-hybridized carbons (Fsp3) is 0.471. The number of carbonyl (C=O) groups is 3. The number of esters is 1. The van der Waals surface area contributed by atoms with Crippen molar-refractivity contribution in [3.63, 3.8) is 0 Å². The Labute approximate surface area is 213 Å². The summed E-state index contributed by atoms with van der Waals surface area (Å²) >= 11 is 5.55. The van der Waals surface area contributed by atoms with E-state index in [-0.39, 0.29) is 30.5 Å². The van der Waals surface area contributed by atoms with Crippen molar-refractivity contribution >= 4 is 91.2 Å². The number of aliphatic hydroxyl groups is 4. The third-order valence-electron chi connectivity index (χ3n) is 3.82. The highest BCUT2D eigenvalue weighted by atomic mass is 127. The predicted octanol–water partition coefficient (Wildman–Crippen LogP) is 0.0761. The van der Waals surface area contributed by atoms with E-state index >= 15 is 0 Å². The summed E-state index contributed by atoms with van der Waals surface area (Å²) in [5.41, 5.74) is 0.346. The normalized spacial score (nSPS) is 12.8. The van der Waals surface area contributed by atoms with Crippen molar-refractivity contribution in [1.29, 1.82) is 0 Å². The maximum atomic E-state index is 12.8. The molecule has 168 valence electrons. The Morgan fingerprint density at radius 3 is 2.00 bits per heavy atom. The van der Waals surface area contributed by atoms with E-state index in [9.17, 15) is 29.7 Å². The minimum atomic E-state index is -1.26. The number of halogens is 3. The van der Waals surface area contributed by atoms with Gasteiger partial charge in [0.15, 0.2) is 0 Å². The molecule has 0 aromatic heterocycles. The van der Waals surface area contributed by atoms with Crippen LogP contribution in [0.15, 0.2) is 0 Å². The number of ether oxygens (including phenoxy) is 1. The van der Waals surface area contributed by atoms with Crippen LogP contribution >= 0.6 is 67.8 Å². The Bertz CT molecular complexity index is 821. The highest BCUT2D eigenvalue weighted by Crippen LogP contribution is 2.38. The molecule has 2 atom stereocenters. The van der Waals surface area contributed by atoms with Crippen molar-refractivity contribution in [1.82, 2.24) is 5.32 Å². The third-order valence-corrected chi connectivity index (χ3v) is 7.00. The molecule has 2 unspecified atom stereocenters. The van der Waals surface area contributed by atoms with Gasteiger partial charge in [-0.3, -0.25) is 9.59 Å². The first kappa shape index (κ1) is 27.7. The van der Waals surface area contributed by atoms with Crippen molar-refractivity contribution in [2.45, 2.75) is 19.1 Å². The zero-order valence-corrected chi connectivity index (χ0v) is 22.5. The molecule has 0 bridgehead atoms. The standard InChI is InChI=1S/C17H21I3N2O8/c1-7(25)22(3-8(26)4-23)15-13(19)10(16(28)21-2)12(18)11(14(15)20)17(29)30-6-9(27)5-24/h8-9,23-24,26-27H,3-6H2,1-2H3,(H,21,28). The molecule has 0 aliphatic heterocycles. The molecule has 1 aromatic rings. The Kier molecular flexibility index (Phi) is 11.7. The number of nitrogens with one attached hydrogen (secondary N) is 1. The summed E-state index contributed by atoms with van der Waals surface area (Å²) in [4.78, 5) is 38.8. The van der Waals surface area contributed by atoms with Crippen LogP contribution in [0.5, 0.6) is 0 Å². The molecule has 0 saturated carbocycles. The number of hydrogen-bond donors (Lipinski definition) is 5. The lowest BCUT2D eigenvalue weighted by atomic mass is 10.1. The lowest BCUT2D eigenvalue weighted by Gasteiger charge is -2.28. The van der Waals surface area contributed by atoms with E-state index < -0.39 is 49.8 Å². The van der Waals surface area contributed by atoms with Crippen LogP contribution in [-0.2, 0) is 9.53 Å². The van der Waals surface area contributed by atoms with Crippen LogP contribution < -0.4 is 10.2 Å². The van der Waals surface area contributed by atoms with Crippen LogP contribution in [0.2, 0.25) is 0 Å². The van der Waals surface area contributed by atoms with E-state index in [0.29, 0.717) is 3.57 Å². The summed E-state index contributed by atoms with van der Waals surface area (Å²) in [5.74, 6) is -1.83. The minimum absolute atomic E-state index is 0.0000871. The number of amides is 2. The molecule has 0 saturated heterocycles. The molecular formula is C17H21I3N2O8. The van der Waals surface area contributed by atoms with Crippen LogP contribution in [0.25, 0.3) is 0 Å². The largest absolute Gasteiger partial charge is 0.459 e. The number of rotatable bonds is 9. The average Bonchev–Trinajstić information content (AvgIpc) is 2.70. The second-order valence-corrected chi connectivity index (χ2v) is 9.26. The van der Waals surface area contributed by atoms with Crippen molar-refractivity contribution < 1.29 is 39.5 Å². The van der Waals surface area contributed by atoms with Crippen molar-refractivity contribution in [2.75, 3.05) is 38.3 Å². The van der Waals surface area contributed by atoms with E-state index in [1.54, 1.807) is 0 Å². The Morgan fingerprint density at radius 1 is 1.00 bits per heavy atom. The smallest absolute Gasteiger partial charge is 0.340 e. The first-order valence-electron chi connectivity index (χ1n) is 8.47. The zero-order chi connectivity index (χ0) is 23.2. The summed E-state index contributed by atoms with van der Waals surface area (Å²) in [5, 5.41) is 39.9. The number of anilines is 1. The molecule has 0 radical (unpaired) electrons. The van der Waals surface area contributed by atoms with Gasteiger partial charge < -0.3 is 35.4 Å². The first-order valence-corrected chi connectivity index (χ1v) is 11.7. The Balaban J connectivity index is 3.74. The van der Waals surface area contributed by atoms with E-state index in [4.69, 9.17) is 9.84 Å². The quantitative estimate of drug-likeness (QED) is 0.175. The van der Waals surface area contributed by atoms with Gasteiger partial charge in [-0.2, -0.15) is 0 Å². The molecule has 0 aliphatic carbocycles. The van der Waals surface area contributed by atoms with Gasteiger partial charge in [0.25, 0.3) is 5.91 Å². The maximum absolute atomic E-state index is 12.8. The molecule has 10 nitrogen and oxygen atoms in total. The lowest BCUT2D eigenvalue weighted by molar-refractivity contribution is -0.117. The number of hydrogen-bond acceptors (Lipinski definition) is 8. The summed E-state index contributed by atoms with van der Waals surface area (Å²) < 4.78 is 6.00. The van der Waals surface area contributed by atoms with Gasteiger partial charge in [0.2, 0.25) is 5.91 Å². The van der Waals surface area contributed by atoms with Gasteiger partial charge in [-0.05, 0) is 67.8 Å². The summed E-state index contributed by atoms with van der Waals surface area (Å²) in [7, 11) is 1.42. The number of nitrogens with zero attached hydrogens (tertiary/aromatic N) is 1. The zero-order valence-electron chi connectivity index (χ0n) is 16.0. The lowest BCUT2D eigenvalue weighted by Crippen LogP contribution is -2.39. The van der Waals surface area contributed by atoms with Crippen molar-refractivity contribution in [3.8, 4) is 0 Å². The molecule has 1 rings (SSSR count). The Hall–Kier alpha value is -0.340. The Morgan fingerprint density at radius 2 is 1.53 bits per heavy atom. The van der Waals surface area contributed by atoms with Crippen molar-refractivity contribution in [3.05, 3.63) is 21.8 Å². The van der Waals surface area contributed by atoms with Gasteiger partial charge in [-0.1, -0.05) is 0 Å². The van der Waals surface area contributed by atoms with E-state index in [1.165, 1.54) is 18.9 Å². The highest BCUT2D eigenvalue weighted by molar-refractivity contribution is 14.1. The van der Waals surface area contributed by atoms with Gasteiger partial charge in [0.1, 0.15) is 12.7 Å². The van der Waals surface area contributed by atoms with Gasteiger partial charge in [0, 0.05) is 17.5 Å². The van der Waals surface area contributed by atoms with Crippen molar-refractivity contribution in [2.24, 2.45) is 0 Å². The number of benzene rings is 1. The summed E-state index contributed by atoms with van der Waals surface area (Å²) in [6.45, 7) is -0.651. The fourth-order valence-electron chi connectivity index (χ4n) is 2.33. The van der Waals surface area contributed by atoms with Gasteiger partial charge in [0.05, 0.1) is 49.8 Å². The first-order chi connectivity index (χ1) is 14.0. The average molecular weight is 762 g/mol.